The Kier molecular flexibility index (Phi) is 7.15. The molecule has 0 bridgehead atoms. The van der Waals surface area contributed by atoms with Crippen LogP contribution in [0.1, 0.15) is 30.3 Å². The van der Waals surface area contributed by atoms with Crippen LogP contribution in [0.15, 0.2) is 59.8 Å². The summed E-state index contributed by atoms with van der Waals surface area (Å²) in [5.41, 5.74) is -0.0293. The molecule has 0 radical (unpaired) electrons. The van der Waals surface area contributed by atoms with E-state index in [-0.39, 0.29) is 11.4 Å². The quantitative estimate of drug-likeness (QED) is 0.505. The van der Waals surface area contributed by atoms with E-state index in [1.807, 2.05) is 41.8 Å². The normalized spacial score (nSPS) is 11.5. The number of nitrogens with zero attached hydrogens (tertiary/aromatic N) is 3. The van der Waals surface area contributed by atoms with Gasteiger partial charge < -0.3 is 9.88 Å². The number of anilines is 1. The van der Waals surface area contributed by atoms with Crippen molar-refractivity contribution in [3.05, 3.63) is 71.5 Å². The number of alkyl halides is 3. The molecule has 2 aromatic carbocycles. The molecule has 0 saturated carbocycles. The number of halogens is 3. The maximum absolute atomic E-state index is 13.1. The van der Waals surface area contributed by atoms with Gasteiger partial charge in [0.25, 0.3) is 0 Å². The third-order valence-corrected chi connectivity index (χ3v) is 5.25. The Morgan fingerprint density at radius 2 is 1.77 bits per heavy atom. The Balaban J connectivity index is 1.68. The van der Waals surface area contributed by atoms with Crippen LogP contribution in [0.25, 0.3) is 0 Å². The zero-order valence-electron chi connectivity index (χ0n) is 16.3. The molecule has 3 rings (SSSR count). The third-order valence-electron chi connectivity index (χ3n) is 4.28. The van der Waals surface area contributed by atoms with Crippen molar-refractivity contribution in [2.45, 2.75) is 37.6 Å². The Labute approximate surface area is 176 Å². The monoisotopic (exact) mass is 434 g/mol. The lowest BCUT2D eigenvalue weighted by atomic mass is 10.1. The molecule has 1 aromatic heterocycles. The Bertz CT molecular complexity index is 989. The molecule has 0 atom stereocenters. The number of aromatic nitrogens is 3. The number of benzene rings is 2. The molecule has 0 fully saturated rings. The zero-order chi connectivity index (χ0) is 21.6. The van der Waals surface area contributed by atoms with Crippen molar-refractivity contribution >= 4 is 23.4 Å². The minimum atomic E-state index is -4.54. The predicted molar refractivity (Wildman–Crippen MR) is 110 cm³/mol. The fourth-order valence-electron chi connectivity index (χ4n) is 2.94. The molecule has 5 nitrogen and oxygen atoms in total. The highest BCUT2D eigenvalue weighted by molar-refractivity contribution is 7.99. The molecule has 0 aliphatic carbocycles. The highest BCUT2D eigenvalue weighted by Gasteiger charge is 2.33. The van der Waals surface area contributed by atoms with Gasteiger partial charge in [-0.1, -0.05) is 61.2 Å². The van der Waals surface area contributed by atoms with E-state index in [0.29, 0.717) is 18.1 Å². The summed E-state index contributed by atoms with van der Waals surface area (Å²) in [6, 6.07) is 14.8. The molecular weight excluding hydrogens is 413 g/mol. The van der Waals surface area contributed by atoms with Gasteiger partial charge in [-0.3, -0.25) is 4.79 Å². The van der Waals surface area contributed by atoms with Crippen LogP contribution in [0.3, 0.4) is 0 Å². The van der Waals surface area contributed by atoms with E-state index in [0.717, 1.165) is 35.6 Å². The summed E-state index contributed by atoms with van der Waals surface area (Å²) in [6.45, 7) is 2.72. The number of nitrogens with one attached hydrogen (secondary N) is 1. The Morgan fingerprint density at radius 3 is 2.47 bits per heavy atom. The molecule has 158 valence electrons. The van der Waals surface area contributed by atoms with E-state index in [9.17, 15) is 18.0 Å². The van der Waals surface area contributed by atoms with Crippen LogP contribution in [0, 0.1) is 0 Å². The molecule has 1 amide bonds. The molecular formula is C21H21F3N4OS. The van der Waals surface area contributed by atoms with E-state index in [1.54, 1.807) is 0 Å². The summed E-state index contributed by atoms with van der Waals surface area (Å²) < 4.78 is 41.2. The van der Waals surface area contributed by atoms with Crippen molar-refractivity contribution in [3.8, 4) is 0 Å². The number of amides is 1. The molecule has 1 N–H and O–H groups in total. The van der Waals surface area contributed by atoms with Crippen molar-refractivity contribution in [3.63, 3.8) is 0 Å². The molecule has 0 aliphatic rings. The van der Waals surface area contributed by atoms with Crippen LogP contribution in [0.5, 0.6) is 0 Å². The van der Waals surface area contributed by atoms with Gasteiger partial charge in [0.1, 0.15) is 5.82 Å². The summed E-state index contributed by atoms with van der Waals surface area (Å²) in [6.07, 6.45) is -3.07. The fraction of sp³-hybridized carbons (Fsp3) is 0.286. The summed E-state index contributed by atoms with van der Waals surface area (Å²) in [7, 11) is 0. The molecule has 0 unspecified atom stereocenters. The maximum atomic E-state index is 13.1. The first-order chi connectivity index (χ1) is 14.4. The van der Waals surface area contributed by atoms with Crippen LogP contribution >= 0.6 is 11.8 Å². The number of para-hydroxylation sites is 1. The molecule has 0 saturated heterocycles. The van der Waals surface area contributed by atoms with Gasteiger partial charge in [0, 0.05) is 13.0 Å². The highest BCUT2D eigenvalue weighted by atomic mass is 32.2. The van der Waals surface area contributed by atoms with Gasteiger partial charge in [0.15, 0.2) is 5.16 Å². The number of hydrogen-bond donors (Lipinski definition) is 1. The van der Waals surface area contributed by atoms with Crippen LogP contribution in [0.4, 0.5) is 18.9 Å². The molecule has 0 spiro atoms. The van der Waals surface area contributed by atoms with E-state index in [2.05, 4.69) is 15.5 Å². The van der Waals surface area contributed by atoms with E-state index in [1.165, 1.54) is 18.2 Å². The minimum absolute atomic E-state index is 0.0701. The lowest BCUT2D eigenvalue weighted by Gasteiger charge is -2.13. The van der Waals surface area contributed by atoms with Crippen LogP contribution in [-0.4, -0.2) is 26.4 Å². The van der Waals surface area contributed by atoms with Gasteiger partial charge in [-0.15, -0.1) is 10.2 Å². The van der Waals surface area contributed by atoms with Crippen molar-refractivity contribution < 1.29 is 18.0 Å². The second-order valence-electron chi connectivity index (χ2n) is 6.59. The average molecular weight is 434 g/mol. The largest absolute Gasteiger partial charge is 0.418 e. The van der Waals surface area contributed by atoms with Crippen molar-refractivity contribution in [2.24, 2.45) is 0 Å². The minimum Gasteiger partial charge on any atom is -0.325 e. The van der Waals surface area contributed by atoms with Gasteiger partial charge in [0.2, 0.25) is 5.91 Å². The molecule has 1 heterocycles. The number of carbonyl (C=O) groups is 1. The van der Waals surface area contributed by atoms with Crippen molar-refractivity contribution in [2.75, 3.05) is 11.1 Å². The zero-order valence-corrected chi connectivity index (χ0v) is 17.1. The van der Waals surface area contributed by atoms with Gasteiger partial charge in [0.05, 0.1) is 17.0 Å². The van der Waals surface area contributed by atoms with Crippen molar-refractivity contribution in [1.29, 1.82) is 0 Å². The van der Waals surface area contributed by atoms with Gasteiger partial charge in [-0.25, -0.2) is 0 Å². The second kappa shape index (κ2) is 9.80. The molecule has 30 heavy (non-hydrogen) atoms. The fourth-order valence-corrected chi connectivity index (χ4v) is 3.72. The smallest absolute Gasteiger partial charge is 0.325 e. The van der Waals surface area contributed by atoms with Crippen LogP contribution in [-0.2, 0) is 23.9 Å². The second-order valence-corrected chi connectivity index (χ2v) is 7.54. The summed E-state index contributed by atoms with van der Waals surface area (Å²) in [5, 5.41) is 11.4. The first kappa shape index (κ1) is 21.9. The highest BCUT2D eigenvalue weighted by Crippen LogP contribution is 2.34. The topological polar surface area (TPSA) is 59.8 Å². The van der Waals surface area contributed by atoms with Crippen LogP contribution in [0.2, 0.25) is 0 Å². The molecule has 0 aliphatic heterocycles. The summed E-state index contributed by atoms with van der Waals surface area (Å²) in [4.78, 5) is 12.3. The number of rotatable bonds is 8. The number of carbonyl (C=O) groups excluding carboxylic acids is 1. The van der Waals surface area contributed by atoms with Crippen molar-refractivity contribution in [1.82, 2.24) is 14.8 Å². The molecule has 9 heteroatoms. The third kappa shape index (κ3) is 5.63. The summed E-state index contributed by atoms with van der Waals surface area (Å²) in [5.74, 6) is 0.181. The molecule has 3 aromatic rings. The Morgan fingerprint density at radius 1 is 1.07 bits per heavy atom. The lowest BCUT2D eigenvalue weighted by Crippen LogP contribution is -2.18. The first-order valence-corrected chi connectivity index (χ1v) is 10.4. The van der Waals surface area contributed by atoms with Gasteiger partial charge >= 0.3 is 6.18 Å². The first-order valence-electron chi connectivity index (χ1n) is 9.43. The number of hydrogen-bond acceptors (Lipinski definition) is 4. The van der Waals surface area contributed by atoms with Gasteiger partial charge in [-0.05, 0) is 24.1 Å². The Hall–Kier alpha value is -2.81. The van der Waals surface area contributed by atoms with E-state index >= 15 is 0 Å². The van der Waals surface area contributed by atoms with Crippen LogP contribution < -0.4 is 5.32 Å². The average Bonchev–Trinajstić information content (AvgIpc) is 3.08. The van der Waals surface area contributed by atoms with E-state index < -0.39 is 17.6 Å². The van der Waals surface area contributed by atoms with Gasteiger partial charge in [-0.2, -0.15) is 13.2 Å². The lowest BCUT2D eigenvalue weighted by molar-refractivity contribution is -0.137. The maximum Gasteiger partial charge on any atom is 0.418 e. The summed E-state index contributed by atoms with van der Waals surface area (Å²) >= 11 is 1.16. The predicted octanol–water partition coefficient (Wildman–Crippen LogP) is 5.03. The standard InChI is InChI=1S/C21H21F3N4OS/c1-2-12-28-18(13-15-8-4-3-5-9-15)26-27-20(28)30-14-19(29)25-17-11-7-6-10-16(17)21(22,23)24/h3-11H,2,12-14H2,1H3,(H,25,29). The number of thioether (sulfide) groups is 1. The van der Waals surface area contributed by atoms with E-state index in [4.69, 9.17) is 0 Å². The SMILES string of the molecule is CCCn1c(Cc2ccccc2)nnc1SCC(=O)Nc1ccccc1C(F)(F)F.